The van der Waals surface area contributed by atoms with Crippen LogP contribution in [0.3, 0.4) is 0 Å². The largest absolute Gasteiger partial charge is 0.482 e. The first-order valence-corrected chi connectivity index (χ1v) is 9.21. The fourth-order valence-electron chi connectivity index (χ4n) is 2.11. The lowest BCUT2D eigenvalue weighted by Gasteiger charge is -2.10. The van der Waals surface area contributed by atoms with Gasteiger partial charge in [0.15, 0.2) is 12.4 Å². The highest BCUT2D eigenvalue weighted by Crippen LogP contribution is 2.33. The number of nitrogens with one attached hydrogen (secondary N) is 1. The number of carbonyl (C=O) groups is 1. The van der Waals surface area contributed by atoms with Crippen LogP contribution < -0.4 is 14.8 Å². The molecule has 0 bridgehead atoms. The Balaban J connectivity index is 1.38. The third-order valence-corrected chi connectivity index (χ3v) is 4.44. The Bertz CT molecular complexity index is 934. The second-order valence-corrected chi connectivity index (χ2v) is 6.64. The van der Waals surface area contributed by atoms with Crippen LogP contribution in [0.25, 0.3) is 11.5 Å². The molecule has 0 aliphatic heterocycles. The predicted octanol–water partition coefficient (Wildman–Crippen LogP) is 4.27. The molecule has 10 heteroatoms. The quantitative estimate of drug-likeness (QED) is 0.414. The molecule has 28 heavy (non-hydrogen) atoms. The number of carbonyl (C=O) groups excluding carboxylic acids is 1. The molecule has 0 aliphatic carbocycles. The van der Waals surface area contributed by atoms with Crippen molar-refractivity contribution in [2.75, 3.05) is 19.8 Å². The molecular formula is C18H14Cl3N3O4. The van der Waals surface area contributed by atoms with Crippen LogP contribution in [0.1, 0.15) is 0 Å². The van der Waals surface area contributed by atoms with E-state index < -0.39 is 0 Å². The summed E-state index contributed by atoms with van der Waals surface area (Å²) in [6.07, 6.45) is 1.56. The Hall–Kier alpha value is -2.48. The molecule has 1 aromatic carbocycles. The average molecular weight is 443 g/mol. The van der Waals surface area contributed by atoms with Gasteiger partial charge in [-0.2, -0.15) is 0 Å². The van der Waals surface area contributed by atoms with Crippen LogP contribution in [0.2, 0.25) is 15.1 Å². The van der Waals surface area contributed by atoms with Crippen molar-refractivity contribution >= 4 is 40.7 Å². The molecule has 0 fully saturated rings. The van der Waals surface area contributed by atoms with Crippen molar-refractivity contribution in [1.82, 2.24) is 15.5 Å². The van der Waals surface area contributed by atoms with E-state index in [1.165, 1.54) is 12.1 Å². The number of rotatable bonds is 8. The van der Waals surface area contributed by atoms with Gasteiger partial charge in [-0.1, -0.05) is 34.8 Å². The zero-order chi connectivity index (χ0) is 19.9. The molecule has 3 rings (SSSR count). The van der Waals surface area contributed by atoms with Crippen molar-refractivity contribution in [2.24, 2.45) is 0 Å². The highest BCUT2D eigenvalue weighted by molar-refractivity contribution is 6.43. The van der Waals surface area contributed by atoms with Crippen molar-refractivity contribution in [1.29, 1.82) is 0 Å². The van der Waals surface area contributed by atoms with Gasteiger partial charge in [0.25, 0.3) is 5.91 Å². The maximum Gasteiger partial charge on any atom is 0.258 e. The zero-order valence-electron chi connectivity index (χ0n) is 14.3. The van der Waals surface area contributed by atoms with Crippen LogP contribution in [0, 0.1) is 0 Å². The van der Waals surface area contributed by atoms with E-state index in [-0.39, 0.29) is 41.5 Å². The monoisotopic (exact) mass is 441 g/mol. The van der Waals surface area contributed by atoms with E-state index in [0.29, 0.717) is 22.4 Å². The van der Waals surface area contributed by atoms with E-state index in [1.807, 2.05) is 0 Å². The number of benzene rings is 1. The molecule has 0 atom stereocenters. The maximum absolute atomic E-state index is 11.8. The highest BCUT2D eigenvalue weighted by Gasteiger charge is 2.09. The molecule has 1 amide bonds. The molecule has 0 saturated heterocycles. The summed E-state index contributed by atoms with van der Waals surface area (Å²) in [6.45, 7) is 0.252. The van der Waals surface area contributed by atoms with Crippen LogP contribution in [0.15, 0.2) is 47.1 Å². The molecule has 0 unspecified atom stereocenters. The Morgan fingerprint density at radius 3 is 2.57 bits per heavy atom. The standard InChI is InChI=1S/C18H14Cl3N3O4/c19-11-8-13(21)16(9-12(11)20)28-10-17(25)22-5-7-27-18-4-3-14(23-24-18)15-2-1-6-26-15/h1-4,6,8-9H,5,7,10H2,(H,22,25). The Kier molecular flexibility index (Phi) is 6.97. The van der Waals surface area contributed by atoms with E-state index in [1.54, 1.807) is 30.5 Å². The van der Waals surface area contributed by atoms with E-state index in [4.69, 9.17) is 48.7 Å². The van der Waals surface area contributed by atoms with Gasteiger partial charge in [-0.05, 0) is 24.3 Å². The number of amides is 1. The van der Waals surface area contributed by atoms with Crippen LogP contribution in [-0.2, 0) is 4.79 Å². The minimum absolute atomic E-state index is 0.216. The summed E-state index contributed by atoms with van der Waals surface area (Å²) in [5, 5.41) is 11.5. The average Bonchev–Trinajstić information content (AvgIpc) is 3.22. The van der Waals surface area contributed by atoms with Gasteiger partial charge in [0.1, 0.15) is 18.1 Å². The molecule has 0 aliphatic rings. The maximum atomic E-state index is 11.8. The molecule has 0 saturated carbocycles. The lowest BCUT2D eigenvalue weighted by atomic mass is 10.3. The van der Waals surface area contributed by atoms with E-state index in [2.05, 4.69) is 15.5 Å². The van der Waals surface area contributed by atoms with E-state index in [9.17, 15) is 4.79 Å². The molecule has 2 aromatic heterocycles. The summed E-state index contributed by atoms with van der Waals surface area (Å²) >= 11 is 17.7. The summed E-state index contributed by atoms with van der Waals surface area (Å²) < 4.78 is 16.0. The van der Waals surface area contributed by atoms with Gasteiger partial charge in [-0.15, -0.1) is 10.2 Å². The van der Waals surface area contributed by atoms with Crippen molar-refractivity contribution in [3.8, 4) is 23.1 Å². The van der Waals surface area contributed by atoms with Gasteiger partial charge in [0.2, 0.25) is 5.88 Å². The number of furan rings is 1. The third-order valence-electron chi connectivity index (χ3n) is 3.42. The molecule has 146 valence electrons. The normalized spacial score (nSPS) is 10.5. The number of aromatic nitrogens is 2. The summed E-state index contributed by atoms with van der Waals surface area (Å²) in [6, 6.07) is 9.85. The Morgan fingerprint density at radius 1 is 1.04 bits per heavy atom. The van der Waals surface area contributed by atoms with Gasteiger partial charge in [-0.3, -0.25) is 4.79 Å². The number of ether oxygens (including phenoxy) is 2. The lowest BCUT2D eigenvalue weighted by molar-refractivity contribution is -0.123. The second kappa shape index (κ2) is 9.64. The van der Waals surface area contributed by atoms with E-state index in [0.717, 1.165) is 0 Å². The van der Waals surface area contributed by atoms with Crippen molar-refractivity contribution in [2.45, 2.75) is 0 Å². The first-order chi connectivity index (χ1) is 13.5. The summed E-state index contributed by atoms with van der Waals surface area (Å²) in [5.41, 5.74) is 0.601. The minimum atomic E-state index is -0.343. The van der Waals surface area contributed by atoms with Crippen LogP contribution in [0.4, 0.5) is 0 Å². The molecule has 0 radical (unpaired) electrons. The van der Waals surface area contributed by atoms with Gasteiger partial charge >= 0.3 is 0 Å². The highest BCUT2D eigenvalue weighted by atomic mass is 35.5. The third kappa shape index (κ3) is 5.51. The minimum Gasteiger partial charge on any atom is -0.482 e. The fraction of sp³-hybridized carbons (Fsp3) is 0.167. The number of nitrogens with zero attached hydrogens (tertiary/aromatic N) is 2. The Labute approximate surface area is 175 Å². The molecule has 0 spiro atoms. The van der Waals surface area contributed by atoms with E-state index >= 15 is 0 Å². The second-order valence-electron chi connectivity index (χ2n) is 5.42. The van der Waals surface area contributed by atoms with Gasteiger partial charge < -0.3 is 19.2 Å². The summed E-state index contributed by atoms with van der Waals surface area (Å²) in [4.78, 5) is 11.8. The molecule has 2 heterocycles. The fourth-order valence-corrected chi connectivity index (χ4v) is 2.70. The lowest BCUT2D eigenvalue weighted by Crippen LogP contribution is -2.32. The van der Waals surface area contributed by atoms with Gasteiger partial charge in [0, 0.05) is 12.1 Å². The van der Waals surface area contributed by atoms with Gasteiger partial charge in [0.05, 0.1) is 27.9 Å². The SMILES string of the molecule is O=C(COc1cc(Cl)c(Cl)cc1Cl)NCCOc1ccc(-c2ccco2)nn1. The molecular weight excluding hydrogens is 429 g/mol. The topological polar surface area (TPSA) is 86.5 Å². The predicted molar refractivity (Wildman–Crippen MR) is 105 cm³/mol. The van der Waals surface area contributed by atoms with Crippen LogP contribution in [0.5, 0.6) is 11.6 Å². The van der Waals surface area contributed by atoms with Crippen molar-refractivity contribution in [3.63, 3.8) is 0 Å². The first kappa shape index (κ1) is 20.3. The van der Waals surface area contributed by atoms with Gasteiger partial charge in [-0.25, -0.2) is 0 Å². The number of hydrogen-bond acceptors (Lipinski definition) is 6. The van der Waals surface area contributed by atoms with Crippen molar-refractivity contribution in [3.05, 3.63) is 57.7 Å². The first-order valence-electron chi connectivity index (χ1n) is 8.07. The number of halogens is 3. The Morgan fingerprint density at radius 2 is 1.86 bits per heavy atom. The van der Waals surface area contributed by atoms with Crippen molar-refractivity contribution < 1.29 is 18.7 Å². The molecule has 1 N–H and O–H groups in total. The smallest absolute Gasteiger partial charge is 0.258 e. The zero-order valence-corrected chi connectivity index (χ0v) is 16.6. The molecule has 7 nitrogen and oxygen atoms in total. The van der Waals surface area contributed by atoms with Crippen LogP contribution in [-0.4, -0.2) is 35.9 Å². The molecule has 3 aromatic rings. The number of hydrogen-bond donors (Lipinski definition) is 1. The summed E-state index contributed by atoms with van der Waals surface area (Å²) in [5.74, 6) is 0.885. The summed E-state index contributed by atoms with van der Waals surface area (Å²) in [7, 11) is 0. The van der Waals surface area contributed by atoms with Crippen LogP contribution >= 0.6 is 34.8 Å².